The highest BCUT2D eigenvalue weighted by Gasteiger charge is 2.21. The minimum Gasteiger partial charge on any atom is -0.493 e. The quantitative estimate of drug-likeness (QED) is 0.943. The molecule has 1 N–H and O–H groups in total. The first-order valence-corrected chi connectivity index (χ1v) is 7.20. The highest BCUT2D eigenvalue weighted by Crippen LogP contribution is 2.40. The van der Waals surface area contributed by atoms with Crippen LogP contribution in [-0.4, -0.2) is 31.2 Å². The fraction of sp³-hybridized carbons (Fsp3) is 0.286. The van der Waals surface area contributed by atoms with Gasteiger partial charge >= 0.3 is 0 Å². The standard InChI is InChI=1S/C14H14N2O4S/c1-8-7-15-14(21-8)16-13(17)9-5-10(18-2)12-11(6-9)19-3-4-20-12/h5-7H,3-4H2,1-2H3,(H,15,16,17). The predicted molar refractivity (Wildman–Crippen MR) is 78.8 cm³/mol. The number of amides is 1. The van der Waals surface area contributed by atoms with Gasteiger partial charge in [0.1, 0.15) is 13.2 Å². The topological polar surface area (TPSA) is 69.7 Å². The molecule has 3 rings (SSSR count). The Labute approximate surface area is 125 Å². The van der Waals surface area contributed by atoms with Crippen molar-refractivity contribution in [3.63, 3.8) is 0 Å². The van der Waals surface area contributed by atoms with Crippen LogP contribution in [-0.2, 0) is 0 Å². The number of aromatic nitrogens is 1. The van der Waals surface area contributed by atoms with E-state index in [1.807, 2.05) is 6.92 Å². The van der Waals surface area contributed by atoms with Gasteiger partial charge in [0.15, 0.2) is 16.6 Å². The van der Waals surface area contributed by atoms with E-state index in [1.54, 1.807) is 18.3 Å². The lowest BCUT2D eigenvalue weighted by Gasteiger charge is -2.21. The summed E-state index contributed by atoms with van der Waals surface area (Å²) in [5, 5.41) is 3.32. The molecule has 1 aromatic carbocycles. The first kappa shape index (κ1) is 13.7. The van der Waals surface area contributed by atoms with Crippen LogP contribution >= 0.6 is 11.3 Å². The molecule has 7 heteroatoms. The summed E-state index contributed by atoms with van der Waals surface area (Å²) in [4.78, 5) is 17.4. The fourth-order valence-electron chi connectivity index (χ4n) is 1.99. The van der Waals surface area contributed by atoms with E-state index in [1.165, 1.54) is 18.4 Å². The number of ether oxygens (including phenoxy) is 3. The zero-order chi connectivity index (χ0) is 14.8. The molecule has 0 spiro atoms. The highest BCUT2D eigenvalue weighted by molar-refractivity contribution is 7.15. The molecule has 1 aliphatic rings. The van der Waals surface area contributed by atoms with Crippen LogP contribution in [0.3, 0.4) is 0 Å². The summed E-state index contributed by atoms with van der Waals surface area (Å²) in [5.41, 5.74) is 0.434. The molecule has 0 unspecified atom stereocenters. The molecule has 0 bridgehead atoms. The van der Waals surface area contributed by atoms with E-state index in [0.29, 0.717) is 41.2 Å². The van der Waals surface area contributed by atoms with E-state index in [2.05, 4.69) is 10.3 Å². The number of hydrogen-bond acceptors (Lipinski definition) is 6. The van der Waals surface area contributed by atoms with Gasteiger partial charge in [0.05, 0.1) is 7.11 Å². The Balaban J connectivity index is 1.89. The van der Waals surface area contributed by atoms with Gasteiger partial charge in [0, 0.05) is 16.6 Å². The Bertz CT molecular complexity index is 666. The summed E-state index contributed by atoms with van der Waals surface area (Å²) in [5.74, 6) is 1.26. The minimum atomic E-state index is -0.264. The van der Waals surface area contributed by atoms with Crippen LogP contribution in [0.2, 0.25) is 0 Å². The van der Waals surface area contributed by atoms with Crippen molar-refractivity contribution in [3.8, 4) is 17.2 Å². The lowest BCUT2D eigenvalue weighted by molar-refractivity contribution is 0.102. The Morgan fingerprint density at radius 2 is 2.19 bits per heavy atom. The normalized spacial score (nSPS) is 12.9. The number of benzene rings is 1. The third-order valence-corrected chi connectivity index (χ3v) is 3.76. The molecule has 1 amide bonds. The van der Waals surface area contributed by atoms with Crippen LogP contribution in [0.25, 0.3) is 0 Å². The van der Waals surface area contributed by atoms with Gasteiger partial charge in [-0.25, -0.2) is 4.98 Å². The van der Waals surface area contributed by atoms with Gasteiger partial charge in [0.25, 0.3) is 5.91 Å². The molecule has 2 heterocycles. The van der Waals surface area contributed by atoms with Crippen molar-refractivity contribution in [1.29, 1.82) is 0 Å². The Kier molecular flexibility index (Phi) is 3.66. The number of nitrogens with zero attached hydrogens (tertiary/aromatic N) is 1. The fourth-order valence-corrected chi connectivity index (χ4v) is 2.65. The molecule has 21 heavy (non-hydrogen) atoms. The van der Waals surface area contributed by atoms with E-state index in [4.69, 9.17) is 14.2 Å². The molecule has 6 nitrogen and oxygen atoms in total. The SMILES string of the molecule is COc1cc(C(=O)Nc2ncc(C)s2)cc2c1OCCO2. The Morgan fingerprint density at radius 1 is 1.38 bits per heavy atom. The molecule has 1 aliphatic heterocycles. The molecule has 110 valence electrons. The molecule has 0 atom stereocenters. The van der Waals surface area contributed by atoms with Crippen molar-refractivity contribution in [2.24, 2.45) is 0 Å². The van der Waals surface area contributed by atoms with Gasteiger partial charge in [-0.1, -0.05) is 0 Å². The van der Waals surface area contributed by atoms with Crippen LogP contribution in [0.1, 0.15) is 15.2 Å². The smallest absolute Gasteiger partial charge is 0.257 e. The van der Waals surface area contributed by atoms with Crippen molar-refractivity contribution >= 4 is 22.4 Å². The summed E-state index contributed by atoms with van der Waals surface area (Å²) in [6, 6.07) is 3.27. The predicted octanol–water partition coefficient (Wildman–Crippen LogP) is 2.48. The number of thiazole rings is 1. The first-order chi connectivity index (χ1) is 10.2. The Morgan fingerprint density at radius 3 is 2.90 bits per heavy atom. The molecule has 0 saturated carbocycles. The van der Waals surface area contributed by atoms with Crippen molar-refractivity contribution < 1.29 is 19.0 Å². The zero-order valence-corrected chi connectivity index (χ0v) is 12.5. The maximum atomic E-state index is 12.3. The largest absolute Gasteiger partial charge is 0.493 e. The van der Waals surface area contributed by atoms with Gasteiger partial charge in [-0.15, -0.1) is 11.3 Å². The average Bonchev–Trinajstić information content (AvgIpc) is 2.91. The minimum absolute atomic E-state index is 0.264. The number of methoxy groups -OCH3 is 1. The monoisotopic (exact) mass is 306 g/mol. The van der Waals surface area contributed by atoms with Gasteiger partial charge < -0.3 is 14.2 Å². The van der Waals surface area contributed by atoms with Crippen molar-refractivity contribution in [1.82, 2.24) is 4.98 Å². The molecule has 1 aromatic heterocycles. The number of aryl methyl sites for hydroxylation is 1. The lowest BCUT2D eigenvalue weighted by Crippen LogP contribution is -2.18. The van der Waals surface area contributed by atoms with Crippen LogP contribution in [0.4, 0.5) is 5.13 Å². The van der Waals surface area contributed by atoms with E-state index < -0.39 is 0 Å². The van der Waals surface area contributed by atoms with Crippen LogP contribution < -0.4 is 19.5 Å². The molecule has 0 aliphatic carbocycles. The number of rotatable bonds is 3. The van der Waals surface area contributed by atoms with Gasteiger partial charge in [-0.2, -0.15) is 0 Å². The van der Waals surface area contributed by atoms with Gasteiger partial charge in [0.2, 0.25) is 5.75 Å². The lowest BCUT2D eigenvalue weighted by atomic mass is 10.1. The number of carbonyl (C=O) groups is 1. The summed E-state index contributed by atoms with van der Waals surface area (Å²) >= 11 is 1.42. The number of hydrogen-bond donors (Lipinski definition) is 1. The Hall–Kier alpha value is -2.28. The van der Waals surface area contributed by atoms with Gasteiger partial charge in [-0.05, 0) is 19.1 Å². The van der Waals surface area contributed by atoms with Crippen molar-refractivity contribution in [2.45, 2.75) is 6.92 Å². The average molecular weight is 306 g/mol. The zero-order valence-electron chi connectivity index (χ0n) is 11.6. The number of carbonyl (C=O) groups excluding carboxylic acids is 1. The maximum Gasteiger partial charge on any atom is 0.257 e. The van der Waals surface area contributed by atoms with Crippen molar-refractivity contribution in [2.75, 3.05) is 25.6 Å². The van der Waals surface area contributed by atoms with E-state index in [9.17, 15) is 4.79 Å². The summed E-state index contributed by atoms with van der Waals surface area (Å²) in [7, 11) is 1.53. The molecule has 0 radical (unpaired) electrons. The van der Waals surface area contributed by atoms with Crippen LogP contribution in [0, 0.1) is 6.92 Å². The third-order valence-electron chi connectivity index (χ3n) is 2.93. The molecule has 0 fully saturated rings. The van der Waals surface area contributed by atoms with E-state index in [-0.39, 0.29) is 5.91 Å². The van der Waals surface area contributed by atoms with Crippen molar-refractivity contribution in [3.05, 3.63) is 28.8 Å². The summed E-state index contributed by atoms with van der Waals surface area (Å²) in [6.45, 7) is 2.85. The number of anilines is 1. The maximum absolute atomic E-state index is 12.3. The number of fused-ring (bicyclic) bond motifs is 1. The van der Waals surface area contributed by atoms with E-state index >= 15 is 0 Å². The van der Waals surface area contributed by atoms with E-state index in [0.717, 1.165) is 4.88 Å². The second-order valence-corrected chi connectivity index (χ2v) is 5.67. The molecule has 0 saturated heterocycles. The summed E-state index contributed by atoms with van der Waals surface area (Å²) in [6.07, 6.45) is 1.71. The number of nitrogens with one attached hydrogen (secondary N) is 1. The second kappa shape index (κ2) is 5.61. The molecular formula is C14H14N2O4S. The summed E-state index contributed by atoms with van der Waals surface area (Å²) < 4.78 is 16.3. The molecular weight excluding hydrogens is 292 g/mol. The molecule has 2 aromatic rings. The third kappa shape index (κ3) is 2.78. The van der Waals surface area contributed by atoms with Crippen LogP contribution in [0.5, 0.6) is 17.2 Å². The second-order valence-electron chi connectivity index (χ2n) is 4.43. The highest BCUT2D eigenvalue weighted by atomic mass is 32.1. The first-order valence-electron chi connectivity index (χ1n) is 6.39. The van der Waals surface area contributed by atoms with Crippen LogP contribution in [0.15, 0.2) is 18.3 Å². The van der Waals surface area contributed by atoms with Gasteiger partial charge in [-0.3, -0.25) is 10.1 Å².